The Morgan fingerprint density at radius 2 is 1.85 bits per heavy atom. The summed E-state index contributed by atoms with van der Waals surface area (Å²) in [4.78, 5) is 26.1. The third kappa shape index (κ3) is 2.69. The molecule has 0 amide bonds. The standard InChI is InChI=1S/C20H15N7/c1-13(14-4-5-17-15(7-14)3-2-6-23-17)27-12-25-19-20(27)26-18(10-24-19)16-8-21-11-22-9-16/h2-13H,1H3. The molecule has 130 valence electrons. The smallest absolute Gasteiger partial charge is 0.197 e. The zero-order valence-electron chi connectivity index (χ0n) is 14.6. The van der Waals surface area contributed by atoms with Gasteiger partial charge in [-0.3, -0.25) is 4.98 Å². The molecule has 4 heterocycles. The van der Waals surface area contributed by atoms with Gasteiger partial charge in [-0.2, -0.15) is 0 Å². The van der Waals surface area contributed by atoms with Crippen LogP contribution in [0.25, 0.3) is 33.5 Å². The predicted octanol–water partition coefficient (Wildman–Crippen LogP) is 3.44. The van der Waals surface area contributed by atoms with E-state index in [1.54, 1.807) is 31.1 Å². The Labute approximate surface area is 154 Å². The fourth-order valence-electron chi connectivity index (χ4n) is 3.18. The van der Waals surface area contributed by atoms with Crippen molar-refractivity contribution in [1.82, 2.24) is 34.5 Å². The van der Waals surface area contributed by atoms with Crippen LogP contribution >= 0.6 is 0 Å². The summed E-state index contributed by atoms with van der Waals surface area (Å²) < 4.78 is 2.03. The van der Waals surface area contributed by atoms with Gasteiger partial charge < -0.3 is 4.57 Å². The number of benzene rings is 1. The van der Waals surface area contributed by atoms with E-state index in [0.29, 0.717) is 5.65 Å². The Bertz CT molecular complexity index is 1250. The van der Waals surface area contributed by atoms with Crippen LogP contribution in [0, 0.1) is 0 Å². The molecule has 0 saturated carbocycles. The summed E-state index contributed by atoms with van der Waals surface area (Å²) in [6, 6.07) is 10.4. The minimum Gasteiger partial charge on any atom is -0.307 e. The molecule has 0 aliphatic carbocycles. The van der Waals surface area contributed by atoms with Crippen LogP contribution in [-0.2, 0) is 0 Å². The van der Waals surface area contributed by atoms with Crippen molar-refractivity contribution in [1.29, 1.82) is 0 Å². The lowest BCUT2D eigenvalue weighted by molar-refractivity contribution is 0.653. The van der Waals surface area contributed by atoms with E-state index in [1.165, 1.54) is 6.33 Å². The maximum absolute atomic E-state index is 4.76. The maximum atomic E-state index is 4.76. The molecule has 0 aliphatic rings. The average molecular weight is 353 g/mol. The van der Waals surface area contributed by atoms with E-state index in [4.69, 9.17) is 4.98 Å². The third-order valence-corrected chi connectivity index (χ3v) is 4.67. The van der Waals surface area contributed by atoms with Crippen molar-refractivity contribution in [3.63, 3.8) is 0 Å². The van der Waals surface area contributed by atoms with Crippen molar-refractivity contribution in [2.24, 2.45) is 0 Å². The maximum Gasteiger partial charge on any atom is 0.197 e. The molecule has 1 aromatic carbocycles. The van der Waals surface area contributed by atoms with Crippen LogP contribution in [0.3, 0.4) is 0 Å². The van der Waals surface area contributed by atoms with E-state index in [2.05, 4.69) is 50.0 Å². The Morgan fingerprint density at radius 1 is 0.963 bits per heavy atom. The highest BCUT2D eigenvalue weighted by molar-refractivity contribution is 5.79. The van der Waals surface area contributed by atoms with Gasteiger partial charge in [-0.05, 0) is 30.7 Å². The molecule has 0 saturated heterocycles. The zero-order valence-corrected chi connectivity index (χ0v) is 14.6. The molecule has 0 bridgehead atoms. The first-order chi connectivity index (χ1) is 13.3. The molecule has 7 heteroatoms. The molecule has 1 atom stereocenters. The van der Waals surface area contributed by atoms with E-state index in [9.17, 15) is 0 Å². The number of hydrogen-bond acceptors (Lipinski definition) is 6. The molecule has 4 aromatic heterocycles. The molecule has 0 radical (unpaired) electrons. The molecule has 0 fully saturated rings. The predicted molar refractivity (Wildman–Crippen MR) is 102 cm³/mol. The second-order valence-electron chi connectivity index (χ2n) is 6.31. The number of hydrogen-bond donors (Lipinski definition) is 0. The van der Waals surface area contributed by atoms with Gasteiger partial charge >= 0.3 is 0 Å². The second kappa shape index (κ2) is 6.21. The molecule has 0 N–H and O–H groups in total. The van der Waals surface area contributed by atoms with Crippen LogP contribution in [0.1, 0.15) is 18.5 Å². The zero-order chi connectivity index (χ0) is 18.2. The Balaban J connectivity index is 1.60. The summed E-state index contributed by atoms with van der Waals surface area (Å²) in [5.74, 6) is 0. The number of imidazole rings is 1. The van der Waals surface area contributed by atoms with Gasteiger partial charge in [0.25, 0.3) is 0 Å². The molecule has 7 nitrogen and oxygen atoms in total. The van der Waals surface area contributed by atoms with Gasteiger partial charge in [0.15, 0.2) is 11.3 Å². The summed E-state index contributed by atoms with van der Waals surface area (Å²) in [7, 11) is 0. The quantitative estimate of drug-likeness (QED) is 0.494. The van der Waals surface area contributed by atoms with Crippen LogP contribution in [0.15, 0.2) is 67.8 Å². The van der Waals surface area contributed by atoms with E-state index >= 15 is 0 Å². The van der Waals surface area contributed by atoms with E-state index in [1.807, 2.05) is 16.7 Å². The number of pyridine rings is 1. The fraction of sp³-hybridized carbons (Fsp3) is 0.100. The van der Waals surface area contributed by atoms with Crippen molar-refractivity contribution in [3.05, 3.63) is 73.3 Å². The first-order valence-electron chi connectivity index (χ1n) is 8.59. The summed E-state index contributed by atoms with van der Waals surface area (Å²) in [6.45, 7) is 2.12. The monoisotopic (exact) mass is 353 g/mol. The van der Waals surface area contributed by atoms with E-state index < -0.39 is 0 Å². The van der Waals surface area contributed by atoms with Gasteiger partial charge in [-0.25, -0.2) is 24.9 Å². The summed E-state index contributed by atoms with van der Waals surface area (Å²) in [5, 5.41) is 1.11. The lowest BCUT2D eigenvalue weighted by Gasteiger charge is -2.15. The van der Waals surface area contributed by atoms with Gasteiger partial charge in [-0.1, -0.05) is 12.1 Å². The highest BCUT2D eigenvalue weighted by Gasteiger charge is 2.15. The molecule has 5 aromatic rings. The highest BCUT2D eigenvalue weighted by atomic mass is 15.1. The average Bonchev–Trinajstić information content (AvgIpc) is 3.16. The summed E-state index contributed by atoms with van der Waals surface area (Å²) >= 11 is 0. The molecule has 0 aliphatic heterocycles. The normalized spacial score (nSPS) is 12.5. The molecular formula is C20H15N7. The largest absolute Gasteiger partial charge is 0.307 e. The molecule has 1 unspecified atom stereocenters. The number of nitrogens with zero attached hydrogens (tertiary/aromatic N) is 7. The molecular weight excluding hydrogens is 338 g/mol. The van der Waals surface area contributed by atoms with Crippen molar-refractivity contribution in [3.8, 4) is 11.3 Å². The van der Waals surface area contributed by atoms with Gasteiger partial charge in [0, 0.05) is 29.5 Å². The van der Waals surface area contributed by atoms with Crippen LogP contribution in [0.2, 0.25) is 0 Å². The lowest BCUT2D eigenvalue weighted by atomic mass is 10.1. The number of fused-ring (bicyclic) bond motifs is 2. The molecule has 5 rings (SSSR count). The Morgan fingerprint density at radius 3 is 2.74 bits per heavy atom. The minimum atomic E-state index is 0.0520. The van der Waals surface area contributed by atoms with Crippen molar-refractivity contribution >= 4 is 22.2 Å². The summed E-state index contributed by atoms with van der Waals surface area (Å²) in [5.41, 5.74) is 5.03. The van der Waals surface area contributed by atoms with Gasteiger partial charge in [0.2, 0.25) is 0 Å². The Hall–Kier alpha value is -3.74. The van der Waals surface area contributed by atoms with Crippen LogP contribution in [0.5, 0.6) is 0 Å². The Kier molecular flexibility index (Phi) is 3.57. The fourth-order valence-corrected chi connectivity index (χ4v) is 3.18. The van der Waals surface area contributed by atoms with Crippen molar-refractivity contribution < 1.29 is 0 Å². The van der Waals surface area contributed by atoms with E-state index in [0.717, 1.165) is 33.4 Å². The lowest BCUT2D eigenvalue weighted by Crippen LogP contribution is -2.07. The topological polar surface area (TPSA) is 82.3 Å². The van der Waals surface area contributed by atoms with Crippen LogP contribution in [0.4, 0.5) is 0 Å². The van der Waals surface area contributed by atoms with Gasteiger partial charge in [-0.15, -0.1) is 0 Å². The molecule has 0 spiro atoms. The van der Waals surface area contributed by atoms with Crippen molar-refractivity contribution in [2.45, 2.75) is 13.0 Å². The molecule has 27 heavy (non-hydrogen) atoms. The second-order valence-corrected chi connectivity index (χ2v) is 6.31. The first-order valence-corrected chi connectivity index (χ1v) is 8.59. The third-order valence-electron chi connectivity index (χ3n) is 4.67. The minimum absolute atomic E-state index is 0.0520. The van der Waals surface area contributed by atoms with Crippen molar-refractivity contribution in [2.75, 3.05) is 0 Å². The van der Waals surface area contributed by atoms with Crippen LogP contribution < -0.4 is 0 Å². The van der Waals surface area contributed by atoms with Crippen LogP contribution in [-0.4, -0.2) is 34.5 Å². The number of aromatic nitrogens is 7. The highest BCUT2D eigenvalue weighted by Crippen LogP contribution is 2.25. The van der Waals surface area contributed by atoms with Gasteiger partial charge in [0.1, 0.15) is 6.33 Å². The SMILES string of the molecule is CC(c1ccc2ncccc2c1)n1cnc2ncc(-c3cncnc3)nc21. The van der Waals surface area contributed by atoms with E-state index in [-0.39, 0.29) is 6.04 Å². The first kappa shape index (κ1) is 15.5. The summed E-state index contributed by atoms with van der Waals surface area (Å²) in [6.07, 6.45) is 10.2. The number of rotatable bonds is 3. The van der Waals surface area contributed by atoms with Gasteiger partial charge in [0.05, 0.1) is 29.8 Å².